The molecule has 0 bridgehead atoms. The molecule has 0 heterocycles. The van der Waals surface area contributed by atoms with Gasteiger partial charge in [0.25, 0.3) is 0 Å². The zero-order valence-electron chi connectivity index (χ0n) is 29.0. The Balaban J connectivity index is 3.07. The molecule has 1 aliphatic carbocycles. The zero-order chi connectivity index (χ0) is 31.6. The van der Waals surface area contributed by atoms with Crippen LogP contribution in [0, 0.1) is 34.6 Å². The van der Waals surface area contributed by atoms with Crippen molar-refractivity contribution in [3.05, 3.63) is 22.7 Å². The molecule has 41 heavy (non-hydrogen) atoms. The van der Waals surface area contributed by atoms with E-state index >= 15 is 0 Å². The Morgan fingerprint density at radius 1 is 1.12 bits per heavy atom. The maximum atomic E-state index is 11.9. The van der Waals surface area contributed by atoms with E-state index < -0.39 is 16.4 Å². The first-order chi connectivity index (χ1) is 18.8. The van der Waals surface area contributed by atoms with E-state index in [1.54, 1.807) is 6.92 Å². The van der Waals surface area contributed by atoms with Crippen molar-refractivity contribution in [2.45, 2.75) is 157 Å². The van der Waals surface area contributed by atoms with Crippen molar-refractivity contribution in [3.63, 3.8) is 0 Å². The minimum absolute atomic E-state index is 0.00191. The van der Waals surface area contributed by atoms with Gasteiger partial charge in [-0.2, -0.15) is 0 Å². The van der Waals surface area contributed by atoms with Gasteiger partial charge in [0.05, 0.1) is 12.1 Å². The van der Waals surface area contributed by atoms with Crippen LogP contribution in [0.25, 0.3) is 0 Å². The molecule has 0 aromatic heterocycles. The van der Waals surface area contributed by atoms with E-state index in [9.17, 15) is 4.79 Å². The van der Waals surface area contributed by atoms with Gasteiger partial charge in [-0.05, 0) is 87.1 Å². The summed E-state index contributed by atoms with van der Waals surface area (Å²) in [5.74, 6) is 5.07. The van der Waals surface area contributed by atoms with Crippen LogP contribution < -0.4 is 5.32 Å². The Morgan fingerprint density at radius 2 is 1.71 bits per heavy atom. The van der Waals surface area contributed by atoms with Gasteiger partial charge in [0, 0.05) is 16.8 Å². The molecule has 0 aliphatic heterocycles. The van der Waals surface area contributed by atoms with Crippen LogP contribution in [-0.4, -0.2) is 34.4 Å². The number of halogens is 1. The van der Waals surface area contributed by atoms with E-state index in [0.717, 1.165) is 6.42 Å². The molecule has 0 unspecified atom stereocenters. The molecule has 0 spiro atoms. The highest BCUT2D eigenvalue weighted by Gasteiger charge is 2.42. The molecule has 6 heteroatoms. The van der Waals surface area contributed by atoms with E-state index in [1.807, 2.05) is 0 Å². The van der Waals surface area contributed by atoms with Crippen molar-refractivity contribution in [1.29, 1.82) is 0 Å². The quantitative estimate of drug-likeness (QED) is 0.121. The number of allylic oxidation sites excluding steroid dienone is 4. The minimum Gasteiger partial charge on any atom is -0.412 e. The maximum absolute atomic E-state index is 11.9. The molecule has 1 saturated carbocycles. The Labute approximate surface area is 265 Å². The minimum atomic E-state index is -1.99. The van der Waals surface area contributed by atoms with Crippen molar-refractivity contribution >= 4 is 38.2 Å². The first kappa shape index (κ1) is 38.4. The average molecular weight is 667 g/mol. The van der Waals surface area contributed by atoms with Gasteiger partial charge >= 0.3 is 0 Å². The summed E-state index contributed by atoms with van der Waals surface area (Å²) in [6, 6.07) is 3.76. The highest BCUT2D eigenvalue weighted by Crippen LogP contribution is 2.43. The van der Waals surface area contributed by atoms with E-state index in [1.165, 1.54) is 48.3 Å². The Kier molecular flexibility index (Phi) is 15.4. The molecule has 6 atom stereocenters. The summed E-state index contributed by atoms with van der Waals surface area (Å²) in [7, 11) is -3.45. The highest BCUT2D eigenvalue weighted by molar-refractivity contribution is 9.11. The molecule has 1 aliphatic rings. The summed E-state index contributed by atoms with van der Waals surface area (Å²) in [5, 5.41) is 3.24. The zero-order valence-corrected chi connectivity index (χ0v) is 32.6. The van der Waals surface area contributed by atoms with Crippen molar-refractivity contribution in [2.24, 2.45) is 23.2 Å². The lowest BCUT2D eigenvalue weighted by Crippen LogP contribution is -2.52. The van der Waals surface area contributed by atoms with Gasteiger partial charge < -0.3 is 9.74 Å². The lowest BCUT2D eigenvalue weighted by atomic mass is 9.68. The van der Waals surface area contributed by atoms with E-state index in [0.29, 0.717) is 17.8 Å². The monoisotopic (exact) mass is 665 g/mol. The Bertz CT molecular complexity index is 945. The summed E-state index contributed by atoms with van der Waals surface area (Å²) in [6.45, 7) is 29.1. The van der Waals surface area contributed by atoms with Gasteiger partial charge in [-0.15, -0.1) is 11.5 Å². The predicted molar refractivity (Wildman–Crippen MR) is 189 cm³/mol. The summed E-state index contributed by atoms with van der Waals surface area (Å²) >= 11 is 3.90. The number of nitrogens with one attached hydrogen (secondary N) is 1. The Hall–Kier alpha value is -0.616. The second-order valence-corrected chi connectivity index (χ2v) is 25.4. The third-order valence-electron chi connectivity index (χ3n) is 10.3. The number of amides is 1. The van der Waals surface area contributed by atoms with Crippen molar-refractivity contribution < 1.29 is 9.22 Å². The normalized spacial score (nSPS) is 23.9. The summed E-state index contributed by atoms with van der Waals surface area (Å²) in [5.41, 5.74) is 3.98. The fourth-order valence-corrected chi connectivity index (χ4v) is 10.5. The first-order valence-corrected chi connectivity index (χ1v) is 22.7. The smallest absolute Gasteiger partial charge is 0.217 e. The van der Waals surface area contributed by atoms with Crippen LogP contribution >= 0.6 is 15.9 Å². The van der Waals surface area contributed by atoms with Crippen molar-refractivity contribution in [2.75, 3.05) is 0 Å². The Morgan fingerprint density at radius 3 is 2.22 bits per heavy atom. The lowest BCUT2D eigenvalue weighted by Gasteiger charge is -2.43. The number of hydrogen-bond donors (Lipinski definition) is 1. The molecular formula is C35H64BrNO2Si2. The van der Waals surface area contributed by atoms with E-state index in [-0.39, 0.29) is 28.5 Å². The van der Waals surface area contributed by atoms with Gasteiger partial charge in [0.2, 0.25) is 5.91 Å². The van der Waals surface area contributed by atoms with Gasteiger partial charge in [-0.3, -0.25) is 4.79 Å². The predicted octanol–water partition coefficient (Wildman–Crippen LogP) is 10.6. The first-order valence-electron chi connectivity index (χ1n) is 16.4. The van der Waals surface area contributed by atoms with Crippen molar-refractivity contribution in [1.82, 2.24) is 5.32 Å². The second kappa shape index (κ2) is 16.5. The number of carbonyl (C=O) groups is 1. The average Bonchev–Trinajstić information content (AvgIpc) is 2.87. The van der Waals surface area contributed by atoms with E-state index in [4.69, 9.17) is 4.43 Å². The van der Waals surface area contributed by atoms with Gasteiger partial charge in [-0.1, -0.05) is 102 Å². The van der Waals surface area contributed by atoms with Crippen LogP contribution in [0.15, 0.2) is 22.7 Å². The topological polar surface area (TPSA) is 38.3 Å². The van der Waals surface area contributed by atoms with Gasteiger partial charge in [0.1, 0.15) is 8.07 Å². The van der Waals surface area contributed by atoms with E-state index in [2.05, 4.69) is 133 Å². The summed E-state index contributed by atoms with van der Waals surface area (Å²) in [6.07, 6.45) is 13.0. The van der Waals surface area contributed by atoms with Crippen molar-refractivity contribution in [3.8, 4) is 11.5 Å². The third-order valence-corrected chi connectivity index (χ3v) is 20.1. The van der Waals surface area contributed by atoms with Gasteiger partial charge in [-0.25, -0.2) is 0 Å². The van der Waals surface area contributed by atoms with Gasteiger partial charge in [0.15, 0.2) is 8.32 Å². The van der Waals surface area contributed by atoms with Crippen LogP contribution in [0.5, 0.6) is 0 Å². The lowest BCUT2D eigenvalue weighted by molar-refractivity contribution is -0.120. The van der Waals surface area contributed by atoms with Crippen LogP contribution in [0.1, 0.15) is 108 Å². The molecule has 3 nitrogen and oxygen atoms in total. The molecule has 0 aromatic carbocycles. The third kappa shape index (κ3) is 11.8. The van der Waals surface area contributed by atoms with Crippen LogP contribution in [-0.2, 0) is 9.22 Å². The number of hydrogen-bond acceptors (Lipinski definition) is 2. The molecule has 0 aromatic rings. The largest absolute Gasteiger partial charge is 0.412 e. The molecule has 1 rings (SSSR count). The van der Waals surface area contributed by atoms with Crippen LogP contribution in [0.4, 0.5) is 0 Å². The SMILES string of the molecule is CC[Si](C#C[C@]1(C)CCCC[C@@H]1/C=C(Br)/C=C/[C@@H](C)C[C@H](C)[C@H](O[Si](C)(C)C(C)(C)C)[C@@H](C)NC(C)=O)(CC)CC. The molecule has 0 saturated heterocycles. The molecule has 1 fully saturated rings. The highest BCUT2D eigenvalue weighted by atomic mass is 79.9. The number of carbonyl (C=O) groups excluding carboxylic acids is 1. The molecule has 236 valence electrons. The molecule has 1 amide bonds. The number of rotatable bonds is 13. The summed E-state index contributed by atoms with van der Waals surface area (Å²) < 4.78 is 8.09. The van der Waals surface area contributed by atoms with Crippen LogP contribution in [0.3, 0.4) is 0 Å². The molecule has 1 N–H and O–H groups in total. The molecule has 0 radical (unpaired) electrons. The fourth-order valence-electron chi connectivity index (χ4n) is 6.01. The standard InChI is InChI=1S/C35H64BrNO2Si2/c1-14-41(15-2,16-3)24-23-35(11)22-18-17-19-31(35)26-32(36)21-20-27(4)25-28(5)33(29(6)37-30(7)38)39-40(12,13)34(8,9)10/h20-21,26-29,31,33H,14-19,22,25H2,1-13H3,(H,37,38)/b21-20+,32-26-/t27-,28+,29-,31-,33+,35+/m1/s1. The fraction of sp³-hybridized carbons (Fsp3) is 0.800. The summed E-state index contributed by atoms with van der Waals surface area (Å²) in [4.78, 5) is 11.9. The second-order valence-electron chi connectivity index (χ2n) is 14.8. The van der Waals surface area contributed by atoms with Crippen LogP contribution in [0.2, 0.25) is 36.3 Å². The maximum Gasteiger partial charge on any atom is 0.217 e. The molecular weight excluding hydrogens is 602 g/mol.